The molecule has 0 heterocycles. The first kappa shape index (κ1) is 17.9. The lowest BCUT2D eigenvalue weighted by atomic mass is 9.98. The van der Waals surface area contributed by atoms with Crippen molar-refractivity contribution in [2.75, 3.05) is 0 Å². The molecule has 2 heteroatoms. The largest absolute Gasteiger partial charge is 0.385 e. The van der Waals surface area contributed by atoms with Gasteiger partial charge in [-0.3, -0.25) is 4.79 Å². The maximum atomic E-state index is 12.0. The number of ketones is 1. The predicted octanol–water partition coefficient (Wildman–Crippen LogP) is 5.01. The highest BCUT2D eigenvalue weighted by molar-refractivity contribution is 5.99. The van der Waals surface area contributed by atoms with Gasteiger partial charge in [0.15, 0.2) is 5.78 Å². The first-order chi connectivity index (χ1) is 10.1. The second-order valence-electron chi connectivity index (χ2n) is 6.13. The summed E-state index contributed by atoms with van der Waals surface area (Å²) in [5.41, 5.74) is 0.609. The molecule has 21 heavy (non-hydrogen) atoms. The predicted molar refractivity (Wildman–Crippen MR) is 88.6 cm³/mol. The Bertz CT molecular complexity index is 386. The number of benzene rings is 1. The number of unbranched alkanes of at least 4 members (excludes halogenated alkanes) is 4. The second kappa shape index (κ2) is 10.6. The van der Waals surface area contributed by atoms with Crippen LogP contribution >= 0.6 is 0 Å². The summed E-state index contributed by atoms with van der Waals surface area (Å²) in [5, 5.41) is 10.0. The summed E-state index contributed by atoms with van der Waals surface area (Å²) < 4.78 is 0. The lowest BCUT2D eigenvalue weighted by Gasteiger charge is -2.14. The maximum absolute atomic E-state index is 12.0. The van der Waals surface area contributed by atoms with Crippen LogP contribution in [0.15, 0.2) is 30.3 Å². The van der Waals surface area contributed by atoms with Gasteiger partial charge >= 0.3 is 0 Å². The topological polar surface area (TPSA) is 37.3 Å². The Morgan fingerprint density at radius 3 is 2.38 bits per heavy atom. The highest BCUT2D eigenvalue weighted by Crippen LogP contribution is 2.18. The zero-order valence-electron chi connectivity index (χ0n) is 13.6. The Labute approximate surface area is 129 Å². The van der Waals surface area contributed by atoms with E-state index in [9.17, 15) is 9.90 Å². The summed E-state index contributed by atoms with van der Waals surface area (Å²) in [4.78, 5) is 12.0. The SMILES string of the molecule is CCCCCCCC([14CH3])CCC(O)C(=O)c1ccccc1. The Morgan fingerprint density at radius 1 is 1.05 bits per heavy atom. The fraction of sp³-hybridized carbons (Fsp3) is 0.632. The monoisotopic (exact) mass is 292 g/mol. The number of Topliss-reactive ketones (excluding diaryl/α,β-unsaturated/α-hetero) is 1. The van der Waals surface area contributed by atoms with E-state index in [2.05, 4.69) is 13.8 Å². The van der Waals surface area contributed by atoms with Crippen LogP contribution in [0.3, 0.4) is 0 Å². The van der Waals surface area contributed by atoms with E-state index in [1.165, 1.54) is 38.5 Å². The molecule has 0 aliphatic heterocycles. The van der Waals surface area contributed by atoms with Crippen LogP contribution in [0, 0.1) is 5.92 Å². The maximum Gasteiger partial charge on any atom is 0.191 e. The number of aliphatic hydroxyl groups is 1. The number of hydrogen-bond acceptors (Lipinski definition) is 2. The normalized spacial score (nSPS) is 13.9. The number of carbonyl (C=O) groups is 1. The van der Waals surface area contributed by atoms with Crippen LogP contribution in [0.5, 0.6) is 0 Å². The van der Waals surface area contributed by atoms with Gasteiger partial charge in [0.25, 0.3) is 0 Å². The van der Waals surface area contributed by atoms with Crippen LogP contribution in [-0.2, 0) is 0 Å². The first-order valence-corrected chi connectivity index (χ1v) is 8.42. The summed E-state index contributed by atoms with van der Waals surface area (Å²) in [6, 6.07) is 9.08. The second-order valence-corrected chi connectivity index (χ2v) is 6.13. The minimum absolute atomic E-state index is 0.147. The Hall–Kier alpha value is -1.15. The molecule has 0 bridgehead atoms. The van der Waals surface area contributed by atoms with E-state index in [0.29, 0.717) is 17.9 Å². The molecule has 0 fully saturated rings. The van der Waals surface area contributed by atoms with E-state index in [0.717, 1.165) is 6.42 Å². The molecule has 0 aliphatic rings. The van der Waals surface area contributed by atoms with E-state index in [-0.39, 0.29) is 5.78 Å². The van der Waals surface area contributed by atoms with Crippen molar-refractivity contribution < 1.29 is 9.90 Å². The molecule has 0 saturated heterocycles. The van der Waals surface area contributed by atoms with Crippen LogP contribution in [0.4, 0.5) is 0 Å². The zero-order chi connectivity index (χ0) is 15.5. The highest BCUT2D eigenvalue weighted by atomic mass is 16.3. The van der Waals surface area contributed by atoms with Crippen LogP contribution in [0.1, 0.15) is 75.6 Å². The molecule has 1 aromatic rings. The van der Waals surface area contributed by atoms with Gasteiger partial charge in [-0.15, -0.1) is 0 Å². The molecule has 0 aliphatic carbocycles. The molecule has 0 aromatic heterocycles. The lowest BCUT2D eigenvalue weighted by molar-refractivity contribution is 0.0717. The van der Waals surface area contributed by atoms with Crippen molar-refractivity contribution in [1.29, 1.82) is 0 Å². The third-order valence-electron chi connectivity index (χ3n) is 4.09. The molecule has 0 saturated carbocycles. The van der Waals surface area contributed by atoms with Crippen LogP contribution < -0.4 is 0 Å². The van der Waals surface area contributed by atoms with Gasteiger partial charge < -0.3 is 5.11 Å². The highest BCUT2D eigenvalue weighted by Gasteiger charge is 2.17. The van der Waals surface area contributed by atoms with Crippen LogP contribution in [-0.4, -0.2) is 17.0 Å². The van der Waals surface area contributed by atoms with Gasteiger partial charge in [-0.25, -0.2) is 0 Å². The fourth-order valence-electron chi connectivity index (χ4n) is 2.61. The summed E-state index contributed by atoms with van der Waals surface area (Å²) in [5.74, 6) is 0.440. The Balaban J connectivity index is 2.20. The Kier molecular flexibility index (Phi) is 9.00. The Morgan fingerprint density at radius 2 is 1.71 bits per heavy atom. The molecular formula is C19H30O2. The van der Waals surface area contributed by atoms with Gasteiger partial charge in [0.2, 0.25) is 0 Å². The quantitative estimate of drug-likeness (QED) is 0.460. The van der Waals surface area contributed by atoms with E-state index in [4.69, 9.17) is 0 Å². The zero-order valence-corrected chi connectivity index (χ0v) is 13.6. The molecule has 1 rings (SSSR count). The molecule has 0 spiro atoms. The molecular weight excluding hydrogens is 262 g/mol. The third kappa shape index (κ3) is 7.42. The third-order valence-corrected chi connectivity index (χ3v) is 4.09. The summed E-state index contributed by atoms with van der Waals surface area (Å²) in [6.45, 7) is 4.45. The van der Waals surface area contributed by atoms with Crippen molar-refractivity contribution >= 4 is 5.78 Å². The van der Waals surface area contributed by atoms with Crippen molar-refractivity contribution in [3.05, 3.63) is 35.9 Å². The van der Waals surface area contributed by atoms with Crippen LogP contribution in [0.25, 0.3) is 0 Å². The van der Waals surface area contributed by atoms with Gasteiger partial charge in [0.05, 0.1) is 0 Å². The van der Waals surface area contributed by atoms with Crippen molar-refractivity contribution in [3.8, 4) is 0 Å². The summed E-state index contributed by atoms with van der Waals surface area (Å²) in [7, 11) is 0. The van der Waals surface area contributed by atoms with Gasteiger partial charge in [-0.2, -0.15) is 0 Å². The molecule has 2 unspecified atom stereocenters. The van der Waals surface area contributed by atoms with E-state index in [1.54, 1.807) is 12.1 Å². The molecule has 0 amide bonds. The molecule has 2 atom stereocenters. The van der Waals surface area contributed by atoms with Gasteiger partial charge in [0, 0.05) is 5.56 Å². The standard InChI is InChI=1S/C19H30O2/c1-3-4-5-6-8-11-16(2)14-15-18(20)19(21)17-12-9-7-10-13-17/h7,9-10,12-13,16,18,20H,3-6,8,11,14-15H2,1-2H3/i2+2. The average Bonchev–Trinajstić information content (AvgIpc) is 2.52. The molecule has 118 valence electrons. The number of aliphatic hydroxyl groups excluding tert-OH is 1. The van der Waals surface area contributed by atoms with Crippen molar-refractivity contribution in [3.63, 3.8) is 0 Å². The number of rotatable bonds is 11. The van der Waals surface area contributed by atoms with Gasteiger partial charge in [0.1, 0.15) is 6.10 Å². The minimum atomic E-state index is -0.852. The first-order valence-electron chi connectivity index (χ1n) is 8.42. The van der Waals surface area contributed by atoms with Crippen molar-refractivity contribution in [2.24, 2.45) is 5.92 Å². The van der Waals surface area contributed by atoms with Gasteiger partial charge in [-0.05, 0) is 18.8 Å². The number of hydrogen-bond donors (Lipinski definition) is 1. The van der Waals surface area contributed by atoms with Gasteiger partial charge in [-0.1, -0.05) is 82.7 Å². The summed E-state index contributed by atoms with van der Waals surface area (Å²) in [6.07, 6.45) is 8.37. The number of carbonyl (C=O) groups excluding carboxylic acids is 1. The van der Waals surface area contributed by atoms with Crippen molar-refractivity contribution in [1.82, 2.24) is 0 Å². The van der Waals surface area contributed by atoms with E-state index >= 15 is 0 Å². The smallest absolute Gasteiger partial charge is 0.191 e. The average molecular weight is 292 g/mol. The van der Waals surface area contributed by atoms with E-state index < -0.39 is 6.10 Å². The van der Waals surface area contributed by atoms with E-state index in [1.807, 2.05) is 18.2 Å². The molecule has 2 nitrogen and oxygen atoms in total. The fourth-order valence-corrected chi connectivity index (χ4v) is 2.61. The lowest BCUT2D eigenvalue weighted by Crippen LogP contribution is -2.21. The van der Waals surface area contributed by atoms with Crippen LogP contribution in [0.2, 0.25) is 0 Å². The minimum Gasteiger partial charge on any atom is -0.385 e. The molecule has 1 aromatic carbocycles. The molecule has 0 radical (unpaired) electrons. The van der Waals surface area contributed by atoms with Crippen molar-refractivity contribution in [2.45, 2.75) is 71.3 Å². The molecule has 1 N–H and O–H groups in total. The summed E-state index contributed by atoms with van der Waals surface area (Å²) >= 11 is 0.